The Morgan fingerprint density at radius 2 is 2.00 bits per heavy atom. The van der Waals surface area contributed by atoms with Gasteiger partial charge in [0.05, 0.1) is 0 Å². The molecule has 0 saturated heterocycles. The van der Waals surface area contributed by atoms with Gasteiger partial charge in [-0.05, 0) is 36.8 Å². The molecule has 0 atom stereocenters. The van der Waals surface area contributed by atoms with E-state index in [2.05, 4.69) is 6.58 Å². The standard InChI is InChI=1S/C12H13ClO2/c1-9(7-13)8-15-12-5-3-11(4-6-12)10(2)14/h3-6H,1,7-8H2,2H3. The van der Waals surface area contributed by atoms with Crippen LogP contribution in [0.2, 0.25) is 0 Å². The van der Waals surface area contributed by atoms with Crippen LogP contribution in [0, 0.1) is 0 Å². The smallest absolute Gasteiger partial charge is 0.159 e. The Labute approximate surface area is 94.5 Å². The Balaban J connectivity index is 2.57. The zero-order valence-electron chi connectivity index (χ0n) is 8.63. The van der Waals surface area contributed by atoms with Gasteiger partial charge in [-0.1, -0.05) is 6.58 Å². The molecule has 0 saturated carbocycles. The molecule has 2 nitrogen and oxygen atoms in total. The van der Waals surface area contributed by atoms with Crippen molar-refractivity contribution >= 4 is 17.4 Å². The van der Waals surface area contributed by atoms with Crippen molar-refractivity contribution in [1.29, 1.82) is 0 Å². The Morgan fingerprint density at radius 1 is 1.40 bits per heavy atom. The van der Waals surface area contributed by atoms with Gasteiger partial charge in [-0.3, -0.25) is 4.79 Å². The largest absolute Gasteiger partial charge is 0.489 e. The summed E-state index contributed by atoms with van der Waals surface area (Å²) in [5.41, 5.74) is 1.51. The summed E-state index contributed by atoms with van der Waals surface area (Å²) in [5.74, 6) is 1.16. The second kappa shape index (κ2) is 5.56. The monoisotopic (exact) mass is 224 g/mol. The zero-order chi connectivity index (χ0) is 11.3. The molecule has 1 aromatic carbocycles. The second-order valence-corrected chi connectivity index (χ2v) is 3.52. The molecule has 0 N–H and O–H groups in total. The van der Waals surface area contributed by atoms with Crippen molar-refractivity contribution in [2.45, 2.75) is 6.92 Å². The summed E-state index contributed by atoms with van der Waals surface area (Å²) in [6.45, 7) is 5.66. The van der Waals surface area contributed by atoms with Crippen molar-refractivity contribution in [2.75, 3.05) is 12.5 Å². The van der Waals surface area contributed by atoms with Crippen LogP contribution in [0.5, 0.6) is 5.75 Å². The molecule has 0 fully saturated rings. The molecule has 15 heavy (non-hydrogen) atoms. The molecular weight excluding hydrogens is 212 g/mol. The summed E-state index contributed by atoms with van der Waals surface area (Å²) in [4.78, 5) is 11.0. The molecule has 0 aromatic heterocycles. The van der Waals surface area contributed by atoms with E-state index in [0.29, 0.717) is 23.8 Å². The Morgan fingerprint density at radius 3 is 2.47 bits per heavy atom. The third-order valence-electron chi connectivity index (χ3n) is 1.89. The van der Waals surface area contributed by atoms with Crippen LogP contribution < -0.4 is 4.74 Å². The lowest BCUT2D eigenvalue weighted by Gasteiger charge is -2.06. The van der Waals surface area contributed by atoms with Crippen LogP contribution in [-0.2, 0) is 0 Å². The molecule has 0 heterocycles. The normalized spacial score (nSPS) is 9.73. The fourth-order valence-corrected chi connectivity index (χ4v) is 1.09. The average molecular weight is 225 g/mol. The van der Waals surface area contributed by atoms with Gasteiger partial charge in [0.2, 0.25) is 0 Å². The first-order valence-electron chi connectivity index (χ1n) is 4.60. The number of hydrogen-bond donors (Lipinski definition) is 0. The van der Waals surface area contributed by atoms with Crippen LogP contribution in [0.15, 0.2) is 36.4 Å². The molecule has 0 unspecified atom stereocenters. The maximum absolute atomic E-state index is 11.0. The van der Waals surface area contributed by atoms with Gasteiger partial charge in [-0.15, -0.1) is 11.6 Å². The number of benzene rings is 1. The average Bonchev–Trinajstić information content (AvgIpc) is 2.26. The number of hydrogen-bond acceptors (Lipinski definition) is 2. The third-order valence-corrected chi connectivity index (χ3v) is 2.27. The Bertz CT molecular complexity index is 354. The highest BCUT2D eigenvalue weighted by atomic mass is 35.5. The fourth-order valence-electron chi connectivity index (χ4n) is 1.01. The van der Waals surface area contributed by atoms with E-state index in [4.69, 9.17) is 16.3 Å². The molecule has 3 heteroatoms. The first kappa shape index (κ1) is 11.8. The van der Waals surface area contributed by atoms with E-state index in [1.807, 2.05) is 0 Å². The van der Waals surface area contributed by atoms with Gasteiger partial charge in [0, 0.05) is 11.4 Å². The Hall–Kier alpha value is -1.28. The van der Waals surface area contributed by atoms with Gasteiger partial charge in [0.1, 0.15) is 12.4 Å². The van der Waals surface area contributed by atoms with Crippen LogP contribution in [0.3, 0.4) is 0 Å². The fraction of sp³-hybridized carbons (Fsp3) is 0.250. The van der Waals surface area contributed by atoms with Gasteiger partial charge in [-0.2, -0.15) is 0 Å². The molecule has 0 aliphatic heterocycles. The molecule has 1 rings (SSSR count). The lowest BCUT2D eigenvalue weighted by atomic mass is 10.1. The summed E-state index contributed by atoms with van der Waals surface area (Å²) < 4.78 is 5.40. The third kappa shape index (κ3) is 3.76. The Kier molecular flexibility index (Phi) is 4.37. The van der Waals surface area contributed by atoms with Crippen LogP contribution in [0.25, 0.3) is 0 Å². The molecule has 0 amide bonds. The van der Waals surface area contributed by atoms with Crippen molar-refractivity contribution in [3.63, 3.8) is 0 Å². The summed E-state index contributed by atoms with van der Waals surface area (Å²) >= 11 is 5.56. The van der Waals surface area contributed by atoms with Crippen molar-refractivity contribution in [3.05, 3.63) is 42.0 Å². The number of rotatable bonds is 5. The maximum Gasteiger partial charge on any atom is 0.159 e. The highest BCUT2D eigenvalue weighted by molar-refractivity contribution is 6.19. The lowest BCUT2D eigenvalue weighted by Crippen LogP contribution is -2.01. The lowest BCUT2D eigenvalue weighted by molar-refractivity contribution is 0.101. The van der Waals surface area contributed by atoms with E-state index in [1.165, 1.54) is 6.92 Å². The van der Waals surface area contributed by atoms with Gasteiger partial charge >= 0.3 is 0 Å². The SMILES string of the molecule is C=C(CCl)COc1ccc(C(C)=O)cc1. The molecule has 0 radical (unpaired) electrons. The summed E-state index contributed by atoms with van der Waals surface area (Å²) in [6.07, 6.45) is 0. The molecule has 1 aromatic rings. The molecule has 0 bridgehead atoms. The van der Waals surface area contributed by atoms with E-state index in [-0.39, 0.29) is 5.78 Å². The van der Waals surface area contributed by atoms with Crippen molar-refractivity contribution in [1.82, 2.24) is 0 Å². The van der Waals surface area contributed by atoms with Gasteiger partial charge in [-0.25, -0.2) is 0 Å². The number of carbonyl (C=O) groups excluding carboxylic acids is 1. The molecule has 0 spiro atoms. The van der Waals surface area contributed by atoms with Crippen LogP contribution >= 0.6 is 11.6 Å². The molecule has 80 valence electrons. The summed E-state index contributed by atoms with van der Waals surface area (Å²) in [7, 11) is 0. The van der Waals surface area contributed by atoms with Crippen LogP contribution in [0.4, 0.5) is 0 Å². The first-order chi connectivity index (χ1) is 7.13. The number of alkyl halides is 1. The summed E-state index contributed by atoms with van der Waals surface area (Å²) in [6, 6.07) is 7.00. The minimum Gasteiger partial charge on any atom is -0.489 e. The molecule has 0 aliphatic carbocycles. The number of ether oxygens (including phenoxy) is 1. The van der Waals surface area contributed by atoms with Gasteiger partial charge in [0.25, 0.3) is 0 Å². The van der Waals surface area contributed by atoms with E-state index in [9.17, 15) is 4.79 Å². The van der Waals surface area contributed by atoms with Crippen molar-refractivity contribution in [2.24, 2.45) is 0 Å². The number of ketones is 1. The summed E-state index contributed by atoms with van der Waals surface area (Å²) in [5, 5.41) is 0. The van der Waals surface area contributed by atoms with Gasteiger partial charge < -0.3 is 4.74 Å². The minimum atomic E-state index is 0.0479. The van der Waals surface area contributed by atoms with E-state index in [0.717, 1.165) is 5.57 Å². The number of Topliss-reactive ketones (excluding diaryl/α,β-unsaturated/α-hetero) is 1. The van der Waals surface area contributed by atoms with Gasteiger partial charge in [0.15, 0.2) is 5.78 Å². The van der Waals surface area contributed by atoms with E-state index in [1.54, 1.807) is 24.3 Å². The van der Waals surface area contributed by atoms with E-state index < -0.39 is 0 Å². The van der Waals surface area contributed by atoms with Crippen LogP contribution in [0.1, 0.15) is 17.3 Å². The number of carbonyl (C=O) groups is 1. The second-order valence-electron chi connectivity index (χ2n) is 3.25. The minimum absolute atomic E-state index is 0.0479. The first-order valence-corrected chi connectivity index (χ1v) is 5.13. The predicted molar refractivity (Wildman–Crippen MR) is 61.8 cm³/mol. The number of halogens is 1. The topological polar surface area (TPSA) is 26.3 Å². The molecule has 0 aliphatic rings. The predicted octanol–water partition coefficient (Wildman–Crippen LogP) is 3.06. The van der Waals surface area contributed by atoms with Crippen molar-refractivity contribution < 1.29 is 9.53 Å². The zero-order valence-corrected chi connectivity index (χ0v) is 9.38. The maximum atomic E-state index is 11.0. The highest BCUT2D eigenvalue weighted by Gasteiger charge is 1.99. The van der Waals surface area contributed by atoms with Crippen LogP contribution in [-0.4, -0.2) is 18.3 Å². The highest BCUT2D eigenvalue weighted by Crippen LogP contribution is 2.13. The quantitative estimate of drug-likeness (QED) is 0.437. The van der Waals surface area contributed by atoms with Crippen molar-refractivity contribution in [3.8, 4) is 5.75 Å². The van der Waals surface area contributed by atoms with E-state index >= 15 is 0 Å². The molecular formula is C12H13ClO2.